The highest BCUT2D eigenvalue weighted by Crippen LogP contribution is 2.36. The molecule has 0 aliphatic heterocycles. The summed E-state index contributed by atoms with van der Waals surface area (Å²) in [5.41, 5.74) is 2.68. The molecule has 42 heavy (non-hydrogen) atoms. The van der Waals surface area contributed by atoms with Crippen molar-refractivity contribution in [3.63, 3.8) is 0 Å². The Labute approximate surface area is 241 Å². The van der Waals surface area contributed by atoms with Gasteiger partial charge in [0.1, 0.15) is 6.33 Å². The zero-order valence-corrected chi connectivity index (χ0v) is 22.7. The molecule has 0 aliphatic carbocycles. The average molecular weight is 584 g/mol. The number of nitrogens with one attached hydrogen (secondary N) is 1. The molecular weight excluding hydrogens is 563 g/mol. The van der Waals surface area contributed by atoms with Crippen LogP contribution in [0.1, 0.15) is 21.6 Å². The molecule has 1 N–H and O–H groups in total. The topological polar surface area (TPSA) is 89.8 Å². The minimum atomic E-state index is -4.71. The number of nitrogens with zero attached hydrogens (tertiary/aromatic N) is 4. The van der Waals surface area contributed by atoms with E-state index in [0.29, 0.717) is 10.4 Å². The molecule has 0 fully saturated rings. The Morgan fingerprint density at radius 1 is 0.905 bits per heavy atom. The van der Waals surface area contributed by atoms with Crippen LogP contribution in [0.4, 0.5) is 18.9 Å². The lowest BCUT2D eigenvalue weighted by Crippen LogP contribution is -2.28. The largest absolute Gasteiger partial charge is 0.418 e. The van der Waals surface area contributed by atoms with Gasteiger partial charge >= 0.3 is 6.18 Å². The Morgan fingerprint density at radius 3 is 2.38 bits per heavy atom. The molecule has 0 bridgehead atoms. The van der Waals surface area contributed by atoms with Crippen molar-refractivity contribution in [3.05, 3.63) is 124 Å². The van der Waals surface area contributed by atoms with Crippen molar-refractivity contribution >= 4 is 33.1 Å². The van der Waals surface area contributed by atoms with Crippen LogP contribution in [-0.4, -0.2) is 25.7 Å². The standard InChI is InChI=1S/C31H20F3N5O2S/c1-18-16-26(40)39(25-9-5-4-8-23(25)31(32,33)34)38-27(18)30(41)37-20-12-10-19(11-13-20)21-6-2-3-7-22(21)28-29-24(14-15-42-29)35-17-36-28/h2-17H,1H3,(H,37,41). The van der Waals surface area contributed by atoms with Gasteiger partial charge in [-0.3, -0.25) is 9.59 Å². The lowest BCUT2D eigenvalue weighted by molar-refractivity contribution is -0.137. The SMILES string of the molecule is Cc1cc(=O)n(-c2ccccc2C(F)(F)F)nc1C(=O)Nc1ccc(-c2ccccc2-c2ncnc3ccsc23)cc1. The Balaban J connectivity index is 1.30. The van der Waals surface area contributed by atoms with Gasteiger partial charge in [0.25, 0.3) is 11.5 Å². The molecule has 3 aromatic heterocycles. The van der Waals surface area contributed by atoms with E-state index in [-0.39, 0.29) is 11.3 Å². The summed E-state index contributed by atoms with van der Waals surface area (Å²) >= 11 is 1.57. The number of alkyl halides is 3. The van der Waals surface area contributed by atoms with Crippen LogP contribution in [0, 0.1) is 6.92 Å². The van der Waals surface area contributed by atoms with E-state index in [1.807, 2.05) is 47.8 Å². The van der Waals surface area contributed by atoms with E-state index in [2.05, 4.69) is 20.4 Å². The molecule has 0 atom stereocenters. The number of carbonyl (C=O) groups excluding carboxylic acids is 1. The van der Waals surface area contributed by atoms with Gasteiger partial charge in [0.05, 0.1) is 27.2 Å². The van der Waals surface area contributed by atoms with Gasteiger partial charge in [-0.1, -0.05) is 48.5 Å². The quantitative estimate of drug-likeness (QED) is 0.233. The summed E-state index contributed by atoms with van der Waals surface area (Å²) in [4.78, 5) is 34.7. The third kappa shape index (κ3) is 5.06. The number of fused-ring (bicyclic) bond motifs is 1. The number of thiophene rings is 1. The van der Waals surface area contributed by atoms with E-state index < -0.39 is 28.9 Å². The van der Waals surface area contributed by atoms with E-state index in [0.717, 1.165) is 50.8 Å². The molecule has 3 aromatic carbocycles. The van der Waals surface area contributed by atoms with E-state index in [4.69, 9.17) is 0 Å². The second kappa shape index (κ2) is 10.7. The zero-order valence-electron chi connectivity index (χ0n) is 21.9. The third-order valence-corrected chi connectivity index (χ3v) is 7.56. The van der Waals surface area contributed by atoms with Crippen molar-refractivity contribution < 1.29 is 18.0 Å². The molecule has 11 heteroatoms. The number of anilines is 1. The Bertz CT molecular complexity index is 2020. The van der Waals surface area contributed by atoms with Crippen molar-refractivity contribution in [1.29, 1.82) is 0 Å². The molecule has 7 nitrogen and oxygen atoms in total. The maximum absolute atomic E-state index is 13.6. The highest BCUT2D eigenvalue weighted by molar-refractivity contribution is 7.17. The maximum Gasteiger partial charge on any atom is 0.418 e. The van der Waals surface area contributed by atoms with E-state index in [9.17, 15) is 22.8 Å². The lowest BCUT2D eigenvalue weighted by atomic mass is 9.97. The van der Waals surface area contributed by atoms with Gasteiger partial charge in [0.15, 0.2) is 5.69 Å². The van der Waals surface area contributed by atoms with Crippen LogP contribution in [0.25, 0.3) is 38.3 Å². The van der Waals surface area contributed by atoms with Crippen molar-refractivity contribution in [2.24, 2.45) is 0 Å². The number of aryl methyl sites for hydroxylation is 1. The van der Waals surface area contributed by atoms with E-state index in [1.54, 1.807) is 29.8 Å². The first-order valence-corrected chi connectivity index (χ1v) is 13.6. The van der Waals surface area contributed by atoms with E-state index >= 15 is 0 Å². The lowest BCUT2D eigenvalue weighted by Gasteiger charge is -2.15. The van der Waals surface area contributed by atoms with Gasteiger partial charge in [-0.2, -0.15) is 23.0 Å². The number of aromatic nitrogens is 4. The van der Waals surface area contributed by atoms with Crippen LogP contribution in [0.5, 0.6) is 0 Å². The average Bonchev–Trinajstić information content (AvgIpc) is 3.47. The first-order valence-electron chi connectivity index (χ1n) is 12.7. The summed E-state index contributed by atoms with van der Waals surface area (Å²) in [6, 6.07) is 22.6. The number of rotatable bonds is 5. The van der Waals surface area contributed by atoms with Gasteiger partial charge in [0, 0.05) is 17.3 Å². The number of benzene rings is 3. The number of carbonyl (C=O) groups is 1. The van der Waals surface area contributed by atoms with Gasteiger partial charge in [-0.25, -0.2) is 9.97 Å². The number of para-hydroxylation sites is 1. The van der Waals surface area contributed by atoms with Crippen molar-refractivity contribution in [2.75, 3.05) is 5.32 Å². The molecule has 0 spiro atoms. The molecule has 6 rings (SSSR count). The predicted octanol–water partition coefficient (Wildman–Crippen LogP) is 7.15. The van der Waals surface area contributed by atoms with E-state index in [1.165, 1.54) is 19.1 Å². The van der Waals surface area contributed by atoms with Gasteiger partial charge in [0.2, 0.25) is 0 Å². The molecular formula is C31H20F3N5O2S. The van der Waals surface area contributed by atoms with Crippen molar-refractivity contribution in [3.8, 4) is 28.1 Å². The van der Waals surface area contributed by atoms with Crippen LogP contribution < -0.4 is 10.9 Å². The summed E-state index contributed by atoms with van der Waals surface area (Å²) in [6.07, 6.45) is -3.17. The molecule has 0 unspecified atom stereocenters. The molecule has 0 radical (unpaired) electrons. The third-order valence-electron chi connectivity index (χ3n) is 6.65. The summed E-state index contributed by atoms with van der Waals surface area (Å²) in [6.45, 7) is 1.50. The Hall–Kier alpha value is -5.16. The molecule has 1 amide bonds. The van der Waals surface area contributed by atoms with Crippen LogP contribution in [-0.2, 0) is 6.18 Å². The highest BCUT2D eigenvalue weighted by atomic mass is 32.1. The fraction of sp³-hybridized carbons (Fsp3) is 0.0645. The number of hydrogen-bond acceptors (Lipinski definition) is 6. The Morgan fingerprint density at radius 2 is 1.62 bits per heavy atom. The van der Waals surface area contributed by atoms with Crippen molar-refractivity contribution in [1.82, 2.24) is 19.7 Å². The number of halogens is 3. The highest BCUT2D eigenvalue weighted by Gasteiger charge is 2.34. The smallest absolute Gasteiger partial charge is 0.321 e. The monoisotopic (exact) mass is 583 g/mol. The predicted molar refractivity (Wildman–Crippen MR) is 156 cm³/mol. The summed E-state index contributed by atoms with van der Waals surface area (Å²) in [7, 11) is 0. The fourth-order valence-corrected chi connectivity index (χ4v) is 5.53. The normalized spacial score (nSPS) is 11.5. The van der Waals surface area contributed by atoms with Crippen molar-refractivity contribution in [2.45, 2.75) is 13.1 Å². The summed E-state index contributed by atoms with van der Waals surface area (Å²) in [5.74, 6) is -0.667. The van der Waals surface area contributed by atoms with Gasteiger partial charge in [-0.05, 0) is 59.3 Å². The van der Waals surface area contributed by atoms with Crippen LogP contribution >= 0.6 is 11.3 Å². The van der Waals surface area contributed by atoms with Gasteiger partial charge in [-0.15, -0.1) is 11.3 Å². The maximum atomic E-state index is 13.6. The second-order valence-corrected chi connectivity index (χ2v) is 10.3. The molecule has 3 heterocycles. The summed E-state index contributed by atoms with van der Waals surface area (Å²) in [5, 5.41) is 8.73. The molecule has 0 saturated carbocycles. The first-order chi connectivity index (χ1) is 20.2. The molecule has 0 saturated heterocycles. The van der Waals surface area contributed by atoms with Crippen LogP contribution in [0.15, 0.2) is 101 Å². The van der Waals surface area contributed by atoms with Gasteiger partial charge < -0.3 is 5.32 Å². The fourth-order valence-electron chi connectivity index (χ4n) is 4.68. The minimum Gasteiger partial charge on any atom is -0.321 e. The molecule has 6 aromatic rings. The molecule has 0 aliphatic rings. The first kappa shape index (κ1) is 27.0. The van der Waals surface area contributed by atoms with Crippen LogP contribution in [0.2, 0.25) is 0 Å². The zero-order chi connectivity index (χ0) is 29.4. The number of hydrogen-bond donors (Lipinski definition) is 1. The van der Waals surface area contributed by atoms with Crippen LogP contribution in [0.3, 0.4) is 0 Å². The molecule has 208 valence electrons. The summed E-state index contributed by atoms with van der Waals surface area (Å²) < 4.78 is 42.4. The second-order valence-electron chi connectivity index (χ2n) is 9.38. The number of amides is 1. The Kier molecular flexibility index (Phi) is 6.87. The minimum absolute atomic E-state index is 0.176.